The number of fused-ring (bicyclic) bond motifs is 1. The zero-order chi connectivity index (χ0) is 20.4. The number of alkyl halides is 2. The van der Waals surface area contributed by atoms with Crippen molar-refractivity contribution in [2.24, 2.45) is 0 Å². The first-order valence-electron chi connectivity index (χ1n) is 9.23. The number of benzene rings is 3. The van der Waals surface area contributed by atoms with Crippen molar-refractivity contribution >= 4 is 22.6 Å². The fourth-order valence-corrected chi connectivity index (χ4v) is 3.33. The van der Waals surface area contributed by atoms with Gasteiger partial charge >= 0.3 is 6.55 Å². The smallest absolute Gasteiger partial charge is 0.320 e. The zero-order valence-electron chi connectivity index (χ0n) is 15.8. The molecular formula is C23H19F2N3O. The number of hydrogen-bond acceptors (Lipinski definition) is 2. The molecule has 3 aromatic carbocycles. The van der Waals surface area contributed by atoms with Gasteiger partial charge in [0.1, 0.15) is 5.82 Å². The Bertz CT molecular complexity index is 1170. The maximum Gasteiger partial charge on any atom is 0.320 e. The van der Waals surface area contributed by atoms with E-state index in [1.807, 2.05) is 31.2 Å². The van der Waals surface area contributed by atoms with Gasteiger partial charge in [0.05, 0.1) is 17.5 Å². The van der Waals surface area contributed by atoms with Crippen LogP contribution in [0, 0.1) is 6.92 Å². The quantitative estimate of drug-likeness (QED) is 0.482. The van der Waals surface area contributed by atoms with Gasteiger partial charge in [0.15, 0.2) is 0 Å². The van der Waals surface area contributed by atoms with Crippen LogP contribution in [0.4, 0.5) is 14.5 Å². The van der Waals surface area contributed by atoms with Gasteiger partial charge in [-0.1, -0.05) is 36.4 Å². The van der Waals surface area contributed by atoms with Crippen LogP contribution in [0.1, 0.15) is 17.7 Å². The fourth-order valence-electron chi connectivity index (χ4n) is 3.33. The fraction of sp³-hybridized carbons (Fsp3) is 0.130. The number of anilines is 1. The number of rotatable bonds is 5. The van der Waals surface area contributed by atoms with Gasteiger partial charge in [-0.25, -0.2) is 4.98 Å². The van der Waals surface area contributed by atoms with E-state index in [1.165, 1.54) is 0 Å². The molecule has 0 radical (unpaired) electrons. The monoisotopic (exact) mass is 391 g/mol. The molecule has 4 nitrogen and oxygen atoms in total. The maximum atomic E-state index is 13.6. The second-order valence-corrected chi connectivity index (χ2v) is 6.80. The molecule has 0 spiro atoms. The number of aromatic nitrogens is 2. The molecule has 0 bridgehead atoms. The van der Waals surface area contributed by atoms with E-state index in [9.17, 15) is 13.6 Å². The van der Waals surface area contributed by atoms with Crippen molar-refractivity contribution in [2.75, 3.05) is 5.32 Å². The Kier molecular flexibility index (Phi) is 5.08. The highest BCUT2D eigenvalue weighted by Gasteiger charge is 2.18. The minimum Gasteiger partial charge on any atom is -0.326 e. The van der Waals surface area contributed by atoms with E-state index >= 15 is 0 Å². The predicted octanol–water partition coefficient (Wildman–Crippen LogP) is 5.59. The molecule has 0 atom stereocenters. The molecule has 0 aliphatic heterocycles. The molecular weight excluding hydrogens is 372 g/mol. The van der Waals surface area contributed by atoms with Gasteiger partial charge in [-0.3, -0.25) is 9.36 Å². The lowest BCUT2D eigenvalue weighted by Crippen LogP contribution is -2.14. The summed E-state index contributed by atoms with van der Waals surface area (Å²) in [5.74, 6) is 0.0610. The summed E-state index contributed by atoms with van der Waals surface area (Å²) in [6, 6.07) is 21.3. The minimum absolute atomic E-state index is 0.133. The largest absolute Gasteiger partial charge is 0.326 e. The third kappa shape index (κ3) is 3.87. The van der Waals surface area contributed by atoms with Crippen LogP contribution >= 0.6 is 0 Å². The van der Waals surface area contributed by atoms with Gasteiger partial charge in [-0.2, -0.15) is 8.78 Å². The van der Waals surface area contributed by atoms with E-state index in [-0.39, 0.29) is 18.2 Å². The number of para-hydroxylation sites is 2. The number of aryl methyl sites for hydroxylation is 1. The third-order valence-corrected chi connectivity index (χ3v) is 4.83. The molecule has 4 aromatic rings. The molecule has 0 aliphatic rings. The molecule has 0 unspecified atom stereocenters. The molecule has 0 aliphatic carbocycles. The van der Waals surface area contributed by atoms with E-state index in [4.69, 9.17) is 0 Å². The van der Waals surface area contributed by atoms with Crippen LogP contribution in [0.25, 0.3) is 22.4 Å². The lowest BCUT2D eigenvalue weighted by atomic mass is 10.1. The van der Waals surface area contributed by atoms with Crippen molar-refractivity contribution in [2.45, 2.75) is 19.9 Å². The topological polar surface area (TPSA) is 46.9 Å². The van der Waals surface area contributed by atoms with Gasteiger partial charge in [0.25, 0.3) is 0 Å². The molecule has 0 saturated carbocycles. The third-order valence-electron chi connectivity index (χ3n) is 4.83. The SMILES string of the molecule is Cc1ccccc1CC(=O)Nc1ccc(-c2nc3ccccc3n2C(F)F)cc1. The summed E-state index contributed by atoms with van der Waals surface area (Å²) in [7, 11) is 0. The van der Waals surface area contributed by atoms with E-state index < -0.39 is 6.55 Å². The van der Waals surface area contributed by atoms with Gasteiger partial charge in [-0.15, -0.1) is 0 Å². The maximum absolute atomic E-state index is 13.6. The standard InChI is InChI=1S/C23H19F2N3O/c1-15-6-2-3-7-17(15)14-21(29)26-18-12-10-16(11-13-18)22-27-19-8-4-5-9-20(19)28(22)23(24)25/h2-13,23H,14H2,1H3,(H,26,29). The van der Waals surface area contributed by atoms with Gasteiger partial charge in [-0.05, 0) is 54.4 Å². The molecule has 1 amide bonds. The molecule has 4 rings (SSSR count). The Morgan fingerprint density at radius 2 is 1.69 bits per heavy atom. The highest BCUT2D eigenvalue weighted by molar-refractivity contribution is 5.92. The summed E-state index contributed by atoms with van der Waals surface area (Å²) in [5.41, 5.74) is 4.08. The van der Waals surface area contributed by atoms with Crippen LogP contribution in [-0.4, -0.2) is 15.5 Å². The average molecular weight is 391 g/mol. The van der Waals surface area contributed by atoms with Gasteiger partial charge in [0.2, 0.25) is 5.91 Å². The van der Waals surface area contributed by atoms with Crippen molar-refractivity contribution < 1.29 is 13.6 Å². The molecule has 0 saturated heterocycles. The molecule has 1 aromatic heterocycles. The summed E-state index contributed by atoms with van der Waals surface area (Å²) in [6.07, 6.45) is 0.273. The average Bonchev–Trinajstić information content (AvgIpc) is 3.10. The van der Waals surface area contributed by atoms with Crippen molar-refractivity contribution in [3.05, 3.63) is 83.9 Å². The van der Waals surface area contributed by atoms with Crippen molar-refractivity contribution in [3.63, 3.8) is 0 Å². The van der Waals surface area contributed by atoms with Crippen LogP contribution < -0.4 is 5.32 Å². The number of amides is 1. The molecule has 6 heteroatoms. The number of halogens is 2. The van der Waals surface area contributed by atoms with E-state index in [0.29, 0.717) is 22.3 Å². The van der Waals surface area contributed by atoms with E-state index in [2.05, 4.69) is 10.3 Å². The first-order chi connectivity index (χ1) is 14.0. The van der Waals surface area contributed by atoms with Gasteiger partial charge in [0, 0.05) is 11.3 Å². The number of imidazole rings is 1. The van der Waals surface area contributed by atoms with Crippen LogP contribution in [0.5, 0.6) is 0 Å². The molecule has 146 valence electrons. The normalized spacial score (nSPS) is 11.2. The summed E-state index contributed by atoms with van der Waals surface area (Å²) in [4.78, 5) is 16.7. The second-order valence-electron chi connectivity index (χ2n) is 6.80. The zero-order valence-corrected chi connectivity index (χ0v) is 15.8. The Morgan fingerprint density at radius 1 is 1.00 bits per heavy atom. The van der Waals surface area contributed by atoms with Crippen LogP contribution in [0.2, 0.25) is 0 Å². The summed E-state index contributed by atoms with van der Waals surface area (Å²) in [5, 5.41) is 2.85. The highest BCUT2D eigenvalue weighted by atomic mass is 19.3. The second kappa shape index (κ2) is 7.83. The summed E-state index contributed by atoms with van der Waals surface area (Å²) in [6.45, 7) is -0.738. The van der Waals surface area contributed by atoms with Crippen LogP contribution in [0.3, 0.4) is 0 Å². The van der Waals surface area contributed by atoms with Crippen molar-refractivity contribution in [3.8, 4) is 11.4 Å². The summed E-state index contributed by atoms with van der Waals surface area (Å²) < 4.78 is 28.2. The van der Waals surface area contributed by atoms with Crippen molar-refractivity contribution in [1.82, 2.24) is 9.55 Å². The number of hydrogen-bond donors (Lipinski definition) is 1. The van der Waals surface area contributed by atoms with E-state index in [0.717, 1.165) is 15.7 Å². The van der Waals surface area contributed by atoms with Gasteiger partial charge < -0.3 is 5.32 Å². The predicted molar refractivity (Wildman–Crippen MR) is 110 cm³/mol. The molecule has 29 heavy (non-hydrogen) atoms. The first-order valence-corrected chi connectivity index (χ1v) is 9.23. The lowest BCUT2D eigenvalue weighted by Gasteiger charge is -2.10. The minimum atomic E-state index is -2.70. The lowest BCUT2D eigenvalue weighted by molar-refractivity contribution is -0.115. The van der Waals surface area contributed by atoms with Crippen LogP contribution in [-0.2, 0) is 11.2 Å². The highest BCUT2D eigenvalue weighted by Crippen LogP contribution is 2.30. The number of nitrogens with one attached hydrogen (secondary N) is 1. The Labute approximate surface area is 166 Å². The van der Waals surface area contributed by atoms with Crippen LogP contribution in [0.15, 0.2) is 72.8 Å². The Hall–Kier alpha value is -3.54. The number of carbonyl (C=O) groups excluding carboxylic acids is 1. The Balaban J connectivity index is 1.56. The molecule has 0 fully saturated rings. The number of carbonyl (C=O) groups is 1. The summed E-state index contributed by atoms with van der Waals surface area (Å²) >= 11 is 0. The Morgan fingerprint density at radius 3 is 2.41 bits per heavy atom. The van der Waals surface area contributed by atoms with Crippen molar-refractivity contribution in [1.29, 1.82) is 0 Å². The van der Waals surface area contributed by atoms with E-state index in [1.54, 1.807) is 48.5 Å². The molecule has 1 heterocycles. The number of nitrogens with zero attached hydrogens (tertiary/aromatic N) is 2. The first kappa shape index (κ1) is 18.8. The molecule has 1 N–H and O–H groups in total.